The zero-order valence-electron chi connectivity index (χ0n) is 13.9. The molecule has 0 aliphatic carbocycles. The Morgan fingerprint density at radius 2 is 1.71 bits per heavy atom. The molecule has 2 aromatic carbocycles. The molecule has 2 atom stereocenters. The van der Waals surface area contributed by atoms with E-state index in [1.165, 1.54) is 11.1 Å². The van der Waals surface area contributed by atoms with Gasteiger partial charge in [0.25, 0.3) is 0 Å². The van der Waals surface area contributed by atoms with Gasteiger partial charge in [0, 0.05) is 18.2 Å². The Kier molecular flexibility index (Phi) is 8.57. The lowest BCUT2D eigenvalue weighted by atomic mass is 9.90. The summed E-state index contributed by atoms with van der Waals surface area (Å²) in [7, 11) is 1.73. The van der Waals surface area contributed by atoms with Gasteiger partial charge in [0.1, 0.15) is 5.75 Å². The first kappa shape index (κ1) is 20.8. The van der Waals surface area contributed by atoms with Crippen molar-refractivity contribution in [1.29, 1.82) is 0 Å². The summed E-state index contributed by atoms with van der Waals surface area (Å²) in [5, 5.41) is 0. The third kappa shape index (κ3) is 4.64. The predicted octanol–water partition coefficient (Wildman–Crippen LogP) is 4.20. The van der Waals surface area contributed by atoms with Crippen LogP contribution in [0.1, 0.15) is 30.0 Å². The van der Waals surface area contributed by atoms with Crippen molar-refractivity contribution in [2.24, 2.45) is 5.73 Å². The highest BCUT2D eigenvalue weighted by Crippen LogP contribution is 2.32. The van der Waals surface area contributed by atoms with Gasteiger partial charge in [-0.05, 0) is 31.0 Å². The molecule has 24 heavy (non-hydrogen) atoms. The number of methoxy groups -OCH3 is 1. The summed E-state index contributed by atoms with van der Waals surface area (Å²) in [5.41, 5.74) is 8.98. The first-order valence-electron chi connectivity index (χ1n) is 7.96. The molecule has 0 bridgehead atoms. The van der Waals surface area contributed by atoms with Crippen molar-refractivity contribution < 1.29 is 4.74 Å². The fourth-order valence-electron chi connectivity index (χ4n) is 3.44. The van der Waals surface area contributed by atoms with E-state index in [0.717, 1.165) is 31.7 Å². The minimum Gasteiger partial charge on any atom is -0.496 e. The summed E-state index contributed by atoms with van der Waals surface area (Å²) >= 11 is 0. The molecule has 2 aromatic rings. The monoisotopic (exact) mass is 368 g/mol. The molecule has 0 saturated carbocycles. The zero-order valence-corrected chi connectivity index (χ0v) is 15.6. The van der Waals surface area contributed by atoms with Gasteiger partial charge in [-0.2, -0.15) is 0 Å². The lowest BCUT2D eigenvalue weighted by molar-refractivity contribution is 0.119. The molecule has 0 unspecified atom stereocenters. The molecule has 132 valence electrons. The van der Waals surface area contributed by atoms with E-state index in [4.69, 9.17) is 10.5 Å². The molecule has 2 N–H and O–H groups in total. The largest absolute Gasteiger partial charge is 0.496 e. The van der Waals surface area contributed by atoms with E-state index in [2.05, 4.69) is 47.4 Å². The molecule has 0 spiro atoms. The number of para-hydroxylation sites is 1. The molecular formula is C19H26Cl2N2O. The topological polar surface area (TPSA) is 38.5 Å². The molecule has 1 aliphatic rings. The van der Waals surface area contributed by atoms with Crippen molar-refractivity contribution in [1.82, 2.24) is 4.90 Å². The fraction of sp³-hybridized carbons (Fsp3) is 0.368. The fourth-order valence-corrected chi connectivity index (χ4v) is 3.44. The van der Waals surface area contributed by atoms with Gasteiger partial charge in [0.2, 0.25) is 0 Å². The van der Waals surface area contributed by atoms with Gasteiger partial charge in [-0.1, -0.05) is 48.5 Å². The molecule has 0 radical (unpaired) electrons. The molecule has 3 rings (SSSR count). The van der Waals surface area contributed by atoms with Crippen LogP contribution in [0.25, 0.3) is 0 Å². The normalized spacial score (nSPS) is 20.6. The third-order valence-corrected chi connectivity index (χ3v) is 4.49. The molecule has 0 aromatic heterocycles. The Morgan fingerprint density at radius 1 is 1.04 bits per heavy atom. The summed E-state index contributed by atoms with van der Waals surface area (Å²) in [6.45, 7) is 1.95. The van der Waals surface area contributed by atoms with Gasteiger partial charge in [0.05, 0.1) is 13.2 Å². The minimum atomic E-state index is 0. The van der Waals surface area contributed by atoms with Gasteiger partial charge >= 0.3 is 0 Å². The number of likely N-dealkylation sites (tertiary alicyclic amines) is 1. The maximum Gasteiger partial charge on any atom is 0.123 e. The predicted molar refractivity (Wildman–Crippen MR) is 104 cm³/mol. The van der Waals surface area contributed by atoms with E-state index in [0.29, 0.717) is 0 Å². The lowest BCUT2D eigenvalue weighted by Gasteiger charge is -2.40. The molecular weight excluding hydrogens is 343 g/mol. The van der Waals surface area contributed by atoms with Crippen LogP contribution >= 0.6 is 24.8 Å². The number of nitrogens with two attached hydrogens (primary N) is 1. The van der Waals surface area contributed by atoms with Crippen LogP contribution in [-0.4, -0.2) is 24.6 Å². The van der Waals surface area contributed by atoms with Crippen LogP contribution in [0.15, 0.2) is 54.6 Å². The van der Waals surface area contributed by atoms with E-state index in [9.17, 15) is 0 Å². The van der Waals surface area contributed by atoms with E-state index in [-0.39, 0.29) is 36.9 Å². The second-order valence-electron chi connectivity index (χ2n) is 5.94. The van der Waals surface area contributed by atoms with Crippen LogP contribution in [0.3, 0.4) is 0 Å². The average molecular weight is 369 g/mol. The minimum absolute atomic E-state index is 0. The number of hydrogen-bond acceptors (Lipinski definition) is 3. The maximum atomic E-state index is 6.45. The highest BCUT2D eigenvalue weighted by atomic mass is 35.5. The number of rotatable bonds is 4. The molecule has 3 nitrogen and oxygen atoms in total. The summed E-state index contributed by atoms with van der Waals surface area (Å²) in [5.74, 6) is 0.952. The van der Waals surface area contributed by atoms with Gasteiger partial charge < -0.3 is 10.5 Å². The van der Waals surface area contributed by atoms with Crippen molar-refractivity contribution in [2.75, 3.05) is 13.7 Å². The van der Waals surface area contributed by atoms with Gasteiger partial charge in [-0.3, -0.25) is 4.90 Å². The lowest BCUT2D eigenvalue weighted by Crippen LogP contribution is -2.45. The Balaban J connectivity index is 0.00000144. The number of benzene rings is 2. The summed E-state index contributed by atoms with van der Waals surface area (Å²) in [6.07, 6.45) is 2.24. The Bertz CT molecular complexity index is 609. The van der Waals surface area contributed by atoms with Crippen LogP contribution in [0.5, 0.6) is 5.75 Å². The Hall–Kier alpha value is -1.26. The highest BCUT2D eigenvalue weighted by Gasteiger charge is 2.30. The van der Waals surface area contributed by atoms with E-state index < -0.39 is 0 Å². The van der Waals surface area contributed by atoms with E-state index >= 15 is 0 Å². The SMILES string of the molecule is COc1ccccc1CN1CCC[C@H](N)[C@@H]1c1ccccc1.Cl.Cl. The van der Waals surface area contributed by atoms with Crippen molar-refractivity contribution in [3.63, 3.8) is 0 Å². The summed E-state index contributed by atoms with van der Waals surface area (Å²) < 4.78 is 5.50. The molecule has 1 aliphatic heterocycles. The summed E-state index contributed by atoms with van der Waals surface area (Å²) in [6, 6.07) is 19.3. The van der Waals surface area contributed by atoms with Crippen molar-refractivity contribution in [3.8, 4) is 5.75 Å². The van der Waals surface area contributed by atoms with E-state index in [1.54, 1.807) is 7.11 Å². The maximum absolute atomic E-state index is 6.45. The smallest absolute Gasteiger partial charge is 0.123 e. The zero-order chi connectivity index (χ0) is 15.4. The standard InChI is InChI=1S/C19H24N2O.2ClH/c1-22-18-12-6-5-10-16(18)14-21-13-7-11-17(20)19(21)15-8-3-2-4-9-15;;/h2-6,8-10,12,17,19H,7,11,13-14,20H2,1H3;2*1H/t17-,19-;;/m0../s1. The van der Waals surface area contributed by atoms with Crippen LogP contribution in [0.4, 0.5) is 0 Å². The van der Waals surface area contributed by atoms with Gasteiger partial charge in [0.15, 0.2) is 0 Å². The molecule has 1 fully saturated rings. The molecule has 0 amide bonds. The number of nitrogens with zero attached hydrogens (tertiary/aromatic N) is 1. The number of hydrogen-bond donors (Lipinski definition) is 1. The number of ether oxygens (including phenoxy) is 1. The van der Waals surface area contributed by atoms with Crippen LogP contribution in [0.2, 0.25) is 0 Å². The van der Waals surface area contributed by atoms with Crippen molar-refractivity contribution in [2.45, 2.75) is 31.5 Å². The molecule has 1 heterocycles. The molecule has 1 saturated heterocycles. The van der Waals surface area contributed by atoms with Crippen LogP contribution < -0.4 is 10.5 Å². The Labute approximate surface area is 157 Å². The Morgan fingerprint density at radius 3 is 2.42 bits per heavy atom. The first-order valence-corrected chi connectivity index (χ1v) is 7.96. The summed E-state index contributed by atoms with van der Waals surface area (Å²) in [4.78, 5) is 2.49. The van der Waals surface area contributed by atoms with Gasteiger partial charge in [-0.15, -0.1) is 24.8 Å². The second kappa shape index (κ2) is 9.90. The van der Waals surface area contributed by atoms with Crippen LogP contribution in [-0.2, 0) is 6.54 Å². The van der Waals surface area contributed by atoms with E-state index in [1.807, 2.05) is 12.1 Å². The quantitative estimate of drug-likeness (QED) is 0.878. The number of halogens is 2. The van der Waals surface area contributed by atoms with Crippen LogP contribution in [0, 0.1) is 0 Å². The first-order chi connectivity index (χ1) is 10.8. The number of piperidine rings is 1. The van der Waals surface area contributed by atoms with Crippen molar-refractivity contribution >= 4 is 24.8 Å². The van der Waals surface area contributed by atoms with Crippen molar-refractivity contribution in [3.05, 3.63) is 65.7 Å². The van der Waals surface area contributed by atoms with Gasteiger partial charge in [-0.25, -0.2) is 0 Å². The average Bonchev–Trinajstić information content (AvgIpc) is 2.56. The second-order valence-corrected chi connectivity index (χ2v) is 5.94. The molecule has 5 heteroatoms. The highest BCUT2D eigenvalue weighted by molar-refractivity contribution is 5.85. The third-order valence-electron chi connectivity index (χ3n) is 4.49.